The van der Waals surface area contributed by atoms with Crippen LogP contribution in [0.4, 0.5) is 15.8 Å². The van der Waals surface area contributed by atoms with Gasteiger partial charge in [0.1, 0.15) is 5.82 Å². The molecular weight excluding hydrogens is 415 g/mol. The summed E-state index contributed by atoms with van der Waals surface area (Å²) in [5.41, 5.74) is 0.687. The lowest BCUT2D eigenvalue weighted by Gasteiger charge is -2.21. The Morgan fingerprint density at radius 1 is 1.37 bits per heavy atom. The fraction of sp³-hybridized carbons (Fsp3) is 0.333. The average molecular weight is 438 g/mol. The zero-order valence-electron chi connectivity index (χ0n) is 16.0. The number of anilines is 2. The first-order chi connectivity index (χ1) is 14.6. The first-order valence-electron chi connectivity index (χ1n) is 8.98. The first kappa shape index (κ1) is 23.2. The number of benzene rings is 1. The van der Waals surface area contributed by atoms with Crippen LogP contribution in [0, 0.1) is 16.1 Å². The largest absolute Gasteiger partial charge is 0.411 e. The van der Waals surface area contributed by atoms with E-state index in [-0.39, 0.29) is 12.2 Å². The van der Waals surface area contributed by atoms with E-state index in [1.165, 1.54) is 34.6 Å². The summed E-state index contributed by atoms with van der Waals surface area (Å²) < 4.78 is 14.5. The molecule has 0 aliphatic rings. The van der Waals surface area contributed by atoms with Crippen LogP contribution in [0.1, 0.15) is 9.75 Å². The van der Waals surface area contributed by atoms with Gasteiger partial charge in [0, 0.05) is 35.1 Å². The van der Waals surface area contributed by atoms with Crippen molar-refractivity contribution >= 4 is 35.3 Å². The molecule has 0 saturated carbocycles. The molecule has 0 radical (unpaired) electrons. The summed E-state index contributed by atoms with van der Waals surface area (Å²) in [6.45, 7) is 1.17. The SMILES string of the molecule is N=CN(CCNCc1ccc(/C=N/O)s1)c1ccc(NCC(CO)ON=O)cc1F. The summed E-state index contributed by atoms with van der Waals surface area (Å²) in [6, 6.07) is 8.20. The Morgan fingerprint density at radius 3 is 2.87 bits per heavy atom. The highest BCUT2D eigenvalue weighted by Gasteiger charge is 2.12. The molecule has 0 saturated heterocycles. The minimum absolute atomic E-state index is 0.0772. The molecule has 0 fully saturated rings. The molecule has 1 aromatic carbocycles. The van der Waals surface area contributed by atoms with Crippen molar-refractivity contribution in [2.45, 2.75) is 12.6 Å². The van der Waals surface area contributed by atoms with Crippen molar-refractivity contribution < 1.29 is 19.5 Å². The van der Waals surface area contributed by atoms with Crippen LogP contribution in [0.2, 0.25) is 0 Å². The van der Waals surface area contributed by atoms with E-state index < -0.39 is 18.5 Å². The minimum Gasteiger partial charge on any atom is -0.411 e. The third-order valence-corrected chi connectivity index (χ3v) is 5.06. The highest BCUT2D eigenvalue weighted by atomic mass is 32.1. The van der Waals surface area contributed by atoms with Gasteiger partial charge >= 0.3 is 0 Å². The molecular formula is C18H23FN6O4S. The Bertz CT molecular complexity index is 850. The maximum atomic E-state index is 14.5. The number of nitrogens with one attached hydrogen (secondary N) is 3. The van der Waals surface area contributed by atoms with Gasteiger partial charge in [0.15, 0.2) is 11.4 Å². The smallest absolute Gasteiger partial charge is 0.170 e. The third kappa shape index (κ3) is 7.06. The minimum atomic E-state index is -0.829. The molecule has 0 aliphatic heterocycles. The van der Waals surface area contributed by atoms with Gasteiger partial charge in [-0.2, -0.15) is 0 Å². The zero-order valence-corrected chi connectivity index (χ0v) is 16.8. The van der Waals surface area contributed by atoms with Crippen molar-refractivity contribution in [3.05, 3.63) is 50.8 Å². The molecule has 2 rings (SSSR count). The lowest BCUT2D eigenvalue weighted by molar-refractivity contribution is 0.0223. The fourth-order valence-corrected chi connectivity index (χ4v) is 3.41. The van der Waals surface area contributed by atoms with Crippen LogP contribution in [0.5, 0.6) is 0 Å². The number of aliphatic hydroxyl groups excluding tert-OH is 1. The maximum absolute atomic E-state index is 14.5. The monoisotopic (exact) mass is 438 g/mol. The highest BCUT2D eigenvalue weighted by molar-refractivity contribution is 7.13. The summed E-state index contributed by atoms with van der Waals surface area (Å²) in [5, 5.41) is 36.5. The van der Waals surface area contributed by atoms with Gasteiger partial charge in [-0.15, -0.1) is 16.2 Å². The topological polar surface area (TPSA) is 143 Å². The van der Waals surface area contributed by atoms with Gasteiger partial charge in [0.05, 0.1) is 31.4 Å². The molecule has 10 nitrogen and oxygen atoms in total. The van der Waals surface area contributed by atoms with E-state index in [0.29, 0.717) is 25.3 Å². The van der Waals surface area contributed by atoms with Gasteiger partial charge in [-0.1, -0.05) is 5.16 Å². The second-order valence-corrected chi connectivity index (χ2v) is 7.28. The zero-order chi connectivity index (χ0) is 21.8. The summed E-state index contributed by atoms with van der Waals surface area (Å²) >= 11 is 1.49. The lowest BCUT2D eigenvalue weighted by atomic mass is 10.2. The molecule has 0 spiro atoms. The van der Waals surface area contributed by atoms with Crippen LogP contribution < -0.4 is 15.5 Å². The normalized spacial score (nSPS) is 11.9. The number of halogens is 1. The molecule has 2 aromatic rings. The molecule has 1 unspecified atom stereocenters. The van der Waals surface area contributed by atoms with Gasteiger partial charge in [-0.3, -0.25) is 5.41 Å². The van der Waals surface area contributed by atoms with Crippen molar-refractivity contribution in [2.24, 2.45) is 10.5 Å². The van der Waals surface area contributed by atoms with Crippen LogP contribution in [0.3, 0.4) is 0 Å². The Kier molecular flexibility index (Phi) is 9.64. The van der Waals surface area contributed by atoms with Gasteiger partial charge in [0.25, 0.3) is 0 Å². The number of oxime groups is 1. The number of rotatable bonds is 14. The quantitative estimate of drug-likeness (QED) is 0.0761. The van der Waals surface area contributed by atoms with Gasteiger partial charge in [0.2, 0.25) is 0 Å². The molecule has 0 amide bonds. The molecule has 12 heteroatoms. The summed E-state index contributed by atoms with van der Waals surface area (Å²) in [7, 11) is 0. The molecule has 0 bridgehead atoms. The second-order valence-electron chi connectivity index (χ2n) is 6.08. The average Bonchev–Trinajstić information content (AvgIpc) is 3.19. The Morgan fingerprint density at radius 2 is 2.20 bits per heavy atom. The summed E-state index contributed by atoms with van der Waals surface area (Å²) in [4.78, 5) is 17.9. The molecule has 1 atom stereocenters. The third-order valence-electron chi connectivity index (χ3n) is 4.04. The predicted octanol–water partition coefficient (Wildman–Crippen LogP) is 2.37. The molecule has 0 aliphatic carbocycles. The van der Waals surface area contributed by atoms with Crippen LogP contribution in [-0.2, 0) is 11.4 Å². The number of hydrogen-bond donors (Lipinski definition) is 5. The fourth-order valence-electron chi connectivity index (χ4n) is 2.56. The predicted molar refractivity (Wildman–Crippen MR) is 114 cm³/mol. The van der Waals surface area contributed by atoms with E-state index in [4.69, 9.17) is 15.7 Å². The molecule has 162 valence electrons. The number of aliphatic hydroxyl groups is 1. The number of thiophene rings is 1. The summed E-state index contributed by atoms with van der Waals surface area (Å²) in [5.74, 6) is -0.523. The van der Waals surface area contributed by atoms with Crippen LogP contribution in [0.15, 0.2) is 40.8 Å². The van der Waals surface area contributed by atoms with Crippen LogP contribution in [0.25, 0.3) is 0 Å². The maximum Gasteiger partial charge on any atom is 0.170 e. The van der Waals surface area contributed by atoms with Crippen LogP contribution in [-0.4, -0.2) is 55.2 Å². The van der Waals surface area contributed by atoms with Crippen molar-refractivity contribution in [1.82, 2.24) is 5.32 Å². The standard InChI is InChI=1S/C18H23FN6O4S/c19-17-7-13(22-8-14(11-26)29-24-28)1-4-18(17)25(12-20)6-5-21-9-15-2-3-16(30-15)10-23-27/h1-4,7,10,12,14,20-22,26-27H,5-6,8-9,11H2/b20-12?,23-10+. The van der Waals surface area contributed by atoms with E-state index in [1.807, 2.05) is 12.1 Å². The van der Waals surface area contributed by atoms with Gasteiger partial charge in [-0.05, 0) is 30.3 Å². The molecule has 1 aromatic heterocycles. The van der Waals surface area contributed by atoms with E-state index in [9.17, 15) is 9.30 Å². The van der Waals surface area contributed by atoms with Crippen molar-refractivity contribution in [1.29, 1.82) is 5.41 Å². The second kappa shape index (κ2) is 12.5. The van der Waals surface area contributed by atoms with Gasteiger partial charge < -0.3 is 30.7 Å². The molecule has 30 heavy (non-hydrogen) atoms. The van der Waals surface area contributed by atoms with E-state index in [2.05, 4.69) is 26.0 Å². The summed E-state index contributed by atoms with van der Waals surface area (Å²) in [6.07, 6.45) is 1.59. The van der Waals surface area contributed by atoms with E-state index in [0.717, 1.165) is 16.1 Å². The molecule has 1 heterocycles. The van der Waals surface area contributed by atoms with Gasteiger partial charge in [-0.25, -0.2) is 4.39 Å². The Hall–Kier alpha value is -3.09. The van der Waals surface area contributed by atoms with E-state index in [1.54, 1.807) is 6.07 Å². The van der Waals surface area contributed by atoms with E-state index >= 15 is 0 Å². The lowest BCUT2D eigenvalue weighted by Crippen LogP contribution is -2.31. The van der Waals surface area contributed by atoms with Crippen molar-refractivity contribution in [3.8, 4) is 0 Å². The Labute approximate surface area is 176 Å². The number of hydrogen-bond acceptors (Lipinski definition) is 10. The number of nitrogens with zero attached hydrogens (tertiary/aromatic N) is 3. The van der Waals surface area contributed by atoms with Crippen molar-refractivity contribution in [2.75, 3.05) is 36.5 Å². The van der Waals surface area contributed by atoms with Crippen molar-refractivity contribution in [3.63, 3.8) is 0 Å². The Balaban J connectivity index is 1.86. The highest BCUT2D eigenvalue weighted by Crippen LogP contribution is 2.22. The molecule has 5 N–H and O–H groups in total. The van der Waals surface area contributed by atoms with Crippen LogP contribution >= 0.6 is 11.3 Å². The first-order valence-corrected chi connectivity index (χ1v) is 9.79.